The molecule has 0 spiro atoms. The first-order valence-electron chi connectivity index (χ1n) is 12.4. The fourth-order valence-electron chi connectivity index (χ4n) is 5.07. The predicted molar refractivity (Wildman–Crippen MR) is 151 cm³/mol. The molecule has 3 heteroatoms. The van der Waals surface area contributed by atoms with Gasteiger partial charge >= 0.3 is 0 Å². The van der Waals surface area contributed by atoms with E-state index in [1.54, 1.807) is 7.11 Å². The minimum atomic E-state index is -0.874. The maximum atomic E-state index is 5.90. The zero-order chi connectivity index (χ0) is 24.7. The van der Waals surface area contributed by atoms with Gasteiger partial charge in [-0.15, -0.1) is 0 Å². The third kappa shape index (κ3) is 3.82. The molecule has 0 radical (unpaired) electrons. The predicted octanol–water partition coefficient (Wildman–Crippen LogP) is 9.33. The van der Waals surface area contributed by atoms with Crippen LogP contribution < -0.4 is 0 Å². The Morgan fingerprint density at radius 1 is 0.611 bits per heavy atom. The van der Waals surface area contributed by atoms with Gasteiger partial charge < -0.3 is 4.74 Å². The van der Waals surface area contributed by atoms with Crippen LogP contribution in [0.5, 0.6) is 0 Å². The fourth-order valence-corrected chi connectivity index (χ4v) is 5.07. The van der Waals surface area contributed by atoms with Crippen molar-refractivity contribution in [1.82, 2.24) is 0 Å². The topological polar surface area (TPSA) is 34.0 Å². The molecule has 0 aliphatic heterocycles. The Bertz CT molecular complexity index is 1770. The summed E-state index contributed by atoms with van der Waals surface area (Å²) in [5.74, 6) is 0. The van der Waals surface area contributed by atoms with Crippen LogP contribution in [0.1, 0.15) is 31.0 Å². The van der Waals surface area contributed by atoms with Gasteiger partial charge in [0.1, 0.15) is 0 Å². The molecule has 0 amide bonds. The second-order valence-corrected chi connectivity index (χ2v) is 9.57. The molecule has 6 aromatic rings. The second kappa shape index (κ2) is 8.85. The highest BCUT2D eigenvalue weighted by atomic mass is 16.5. The summed E-state index contributed by atoms with van der Waals surface area (Å²) in [6.07, 6.45) is 0. The molecule has 3 nitrogen and oxygen atoms in total. The summed E-state index contributed by atoms with van der Waals surface area (Å²) in [6.45, 7) is 4.05. The van der Waals surface area contributed by atoms with E-state index in [1.807, 2.05) is 6.92 Å². The summed E-state index contributed by atoms with van der Waals surface area (Å²) in [5.41, 5.74) is 1.24. The summed E-state index contributed by atoms with van der Waals surface area (Å²) < 4.78 is 5.90. The van der Waals surface area contributed by atoms with Crippen molar-refractivity contribution in [3.63, 3.8) is 0 Å². The average Bonchev–Trinajstić information content (AvgIpc) is 2.95. The van der Waals surface area contributed by atoms with E-state index in [2.05, 4.69) is 116 Å². The molecular weight excluding hydrogens is 440 g/mol. The summed E-state index contributed by atoms with van der Waals surface area (Å²) in [5, 5.41) is 19.3. The highest BCUT2D eigenvalue weighted by molar-refractivity contribution is 6.08. The summed E-state index contributed by atoms with van der Waals surface area (Å²) >= 11 is 0. The normalized spacial score (nSPS) is 14.6. The lowest BCUT2D eigenvalue weighted by molar-refractivity contribution is 0.00229. The zero-order valence-corrected chi connectivity index (χ0v) is 20.8. The first-order chi connectivity index (χ1) is 17.6. The Morgan fingerprint density at radius 3 is 1.78 bits per heavy atom. The molecule has 0 bridgehead atoms. The van der Waals surface area contributed by atoms with Crippen LogP contribution in [-0.2, 0) is 10.5 Å². The zero-order valence-electron chi connectivity index (χ0n) is 20.8. The summed E-state index contributed by atoms with van der Waals surface area (Å²) in [6, 6.07) is 38.6. The first-order valence-corrected chi connectivity index (χ1v) is 12.4. The molecule has 176 valence electrons. The fraction of sp³-hybridized carbons (Fsp3) is 0.152. The Morgan fingerprint density at radius 2 is 1.14 bits per heavy atom. The number of methoxy groups -OCH3 is 1. The largest absolute Gasteiger partial charge is 0.352 e. The van der Waals surface area contributed by atoms with Crippen LogP contribution in [0.3, 0.4) is 0 Å². The van der Waals surface area contributed by atoms with E-state index < -0.39 is 5.72 Å². The maximum Gasteiger partial charge on any atom is 0.201 e. The highest BCUT2D eigenvalue weighted by Gasteiger charge is 2.26. The van der Waals surface area contributed by atoms with Crippen LogP contribution in [0.25, 0.3) is 43.1 Å². The van der Waals surface area contributed by atoms with E-state index in [0.717, 1.165) is 11.1 Å². The van der Waals surface area contributed by atoms with E-state index >= 15 is 0 Å². The van der Waals surface area contributed by atoms with Crippen LogP contribution in [-0.4, -0.2) is 7.11 Å². The van der Waals surface area contributed by atoms with Gasteiger partial charge in [0.05, 0.1) is 6.04 Å². The number of hydrogen-bond donors (Lipinski definition) is 0. The number of azo groups is 1. The monoisotopic (exact) mass is 468 g/mol. The van der Waals surface area contributed by atoms with Crippen molar-refractivity contribution in [2.75, 3.05) is 7.11 Å². The molecule has 2 atom stereocenters. The van der Waals surface area contributed by atoms with Crippen LogP contribution in [0, 0.1) is 0 Å². The van der Waals surface area contributed by atoms with Crippen molar-refractivity contribution >= 4 is 43.1 Å². The van der Waals surface area contributed by atoms with Gasteiger partial charge in [0, 0.05) is 12.7 Å². The minimum absolute atomic E-state index is 0.0975. The Hall–Kier alpha value is -4.08. The Labute approximate surface area is 211 Å². The molecule has 0 aliphatic rings. The van der Waals surface area contributed by atoms with Gasteiger partial charge in [0.15, 0.2) is 0 Å². The second-order valence-electron chi connectivity index (χ2n) is 9.57. The van der Waals surface area contributed by atoms with E-state index in [1.165, 1.54) is 43.1 Å². The number of rotatable bonds is 5. The SMILES string of the molecule is COC(C)(N=NC(C)c1ccc2c(ccc3ccccc32)c1)c1ccc2c(ccc3ccccc32)c1. The van der Waals surface area contributed by atoms with E-state index in [0.29, 0.717) is 0 Å². The standard InChI is InChI=1S/C33H28N2O/c1-22(25-16-18-31-26(20-25)14-12-23-8-4-6-10-29(23)31)34-35-33(2,36-3)28-17-19-32-27(21-28)15-13-24-9-5-7-11-30(24)32/h4-22H,1-3H3. The van der Waals surface area contributed by atoms with Gasteiger partial charge in [-0.2, -0.15) is 10.2 Å². The molecule has 6 rings (SSSR count). The van der Waals surface area contributed by atoms with E-state index in [4.69, 9.17) is 15.0 Å². The van der Waals surface area contributed by atoms with Crippen molar-refractivity contribution in [2.24, 2.45) is 10.2 Å². The number of nitrogens with zero attached hydrogens (tertiary/aromatic N) is 2. The molecule has 0 saturated carbocycles. The van der Waals surface area contributed by atoms with Crippen LogP contribution >= 0.6 is 0 Å². The molecule has 0 aliphatic carbocycles. The quantitative estimate of drug-likeness (QED) is 0.183. The van der Waals surface area contributed by atoms with E-state index in [9.17, 15) is 0 Å². The molecule has 36 heavy (non-hydrogen) atoms. The van der Waals surface area contributed by atoms with Crippen molar-refractivity contribution in [2.45, 2.75) is 25.6 Å². The van der Waals surface area contributed by atoms with Gasteiger partial charge in [-0.1, -0.05) is 97.1 Å². The first kappa shape index (κ1) is 22.4. The number of hydrogen-bond acceptors (Lipinski definition) is 3. The number of fused-ring (bicyclic) bond motifs is 6. The molecule has 0 fully saturated rings. The van der Waals surface area contributed by atoms with Crippen molar-refractivity contribution in [1.29, 1.82) is 0 Å². The molecule has 0 heterocycles. The van der Waals surface area contributed by atoms with Gasteiger partial charge in [-0.25, -0.2) is 0 Å². The minimum Gasteiger partial charge on any atom is -0.352 e. The van der Waals surface area contributed by atoms with Crippen molar-refractivity contribution in [3.8, 4) is 0 Å². The number of ether oxygens (including phenoxy) is 1. The maximum absolute atomic E-state index is 5.90. The summed E-state index contributed by atoms with van der Waals surface area (Å²) in [4.78, 5) is 0. The molecule has 6 aromatic carbocycles. The van der Waals surface area contributed by atoms with Gasteiger partial charge in [-0.05, 0) is 74.6 Å². The number of benzene rings is 6. The average molecular weight is 469 g/mol. The third-order valence-electron chi connectivity index (χ3n) is 7.35. The van der Waals surface area contributed by atoms with Crippen LogP contribution in [0.4, 0.5) is 0 Å². The van der Waals surface area contributed by atoms with Gasteiger partial charge in [0.2, 0.25) is 5.72 Å². The lowest BCUT2D eigenvalue weighted by atomic mass is 9.97. The molecular formula is C33H28N2O. The van der Waals surface area contributed by atoms with Gasteiger partial charge in [-0.3, -0.25) is 0 Å². The lowest BCUT2D eigenvalue weighted by Gasteiger charge is -2.24. The molecule has 0 aromatic heterocycles. The molecule has 2 unspecified atom stereocenters. The highest BCUT2D eigenvalue weighted by Crippen LogP contribution is 2.34. The van der Waals surface area contributed by atoms with Crippen molar-refractivity contribution in [3.05, 3.63) is 120 Å². The van der Waals surface area contributed by atoms with Crippen LogP contribution in [0.2, 0.25) is 0 Å². The van der Waals surface area contributed by atoms with Gasteiger partial charge in [0.25, 0.3) is 0 Å². The lowest BCUT2D eigenvalue weighted by Crippen LogP contribution is -2.21. The molecule has 0 saturated heterocycles. The summed E-state index contributed by atoms with van der Waals surface area (Å²) in [7, 11) is 1.69. The third-order valence-corrected chi connectivity index (χ3v) is 7.35. The van der Waals surface area contributed by atoms with E-state index in [-0.39, 0.29) is 6.04 Å². The van der Waals surface area contributed by atoms with Crippen LogP contribution in [0.15, 0.2) is 119 Å². The smallest absolute Gasteiger partial charge is 0.201 e. The Kier molecular flexibility index (Phi) is 5.50. The Balaban J connectivity index is 1.33. The molecule has 0 N–H and O–H groups in total. The van der Waals surface area contributed by atoms with Crippen molar-refractivity contribution < 1.29 is 4.74 Å².